The van der Waals surface area contributed by atoms with Crippen molar-refractivity contribution in [2.24, 2.45) is 5.92 Å². The molecule has 2 unspecified atom stereocenters. The zero-order valence-electron chi connectivity index (χ0n) is 11.1. The van der Waals surface area contributed by atoms with Crippen LogP contribution < -0.4 is 5.32 Å². The topological polar surface area (TPSA) is 43.4 Å². The molecule has 0 aromatic carbocycles. The number of alkyl halides is 3. The Morgan fingerprint density at radius 2 is 1.95 bits per heavy atom. The molecule has 114 valence electrons. The second-order valence-corrected chi connectivity index (χ2v) is 5.15. The van der Waals surface area contributed by atoms with Gasteiger partial charge in [-0.05, 0) is 31.0 Å². The average Bonchev–Trinajstić information content (AvgIpc) is 3.01. The van der Waals surface area contributed by atoms with Gasteiger partial charge in [0, 0.05) is 24.0 Å². The number of aromatic nitrogens is 1. The van der Waals surface area contributed by atoms with E-state index in [2.05, 4.69) is 10.3 Å². The summed E-state index contributed by atoms with van der Waals surface area (Å²) >= 11 is 0. The molecular weight excluding hydrogens is 285 g/mol. The molecule has 21 heavy (non-hydrogen) atoms. The molecule has 0 aliphatic carbocycles. The molecule has 3 heterocycles. The minimum Gasteiger partial charge on any atom is -0.455 e. The van der Waals surface area contributed by atoms with Crippen molar-refractivity contribution < 1.29 is 22.6 Å². The van der Waals surface area contributed by atoms with Crippen LogP contribution in [0.4, 0.5) is 13.2 Å². The Morgan fingerprint density at radius 3 is 2.67 bits per heavy atom. The van der Waals surface area contributed by atoms with E-state index < -0.39 is 24.4 Å². The Kier molecular flexibility index (Phi) is 3.75. The summed E-state index contributed by atoms with van der Waals surface area (Å²) in [5.41, 5.74) is 1.40. The van der Waals surface area contributed by atoms with E-state index in [4.69, 9.17) is 9.47 Å². The van der Waals surface area contributed by atoms with Gasteiger partial charge in [0.1, 0.15) is 12.5 Å². The van der Waals surface area contributed by atoms with Crippen LogP contribution in [0.1, 0.15) is 36.3 Å². The zero-order chi connectivity index (χ0) is 14.9. The molecule has 1 fully saturated rings. The van der Waals surface area contributed by atoms with Gasteiger partial charge in [-0.3, -0.25) is 4.98 Å². The van der Waals surface area contributed by atoms with Crippen LogP contribution in [-0.4, -0.2) is 17.7 Å². The van der Waals surface area contributed by atoms with Crippen molar-refractivity contribution in [1.82, 2.24) is 10.3 Å². The van der Waals surface area contributed by atoms with Gasteiger partial charge in [-0.2, -0.15) is 13.2 Å². The second kappa shape index (κ2) is 5.55. The first kappa shape index (κ1) is 14.2. The number of nitrogens with zero attached hydrogens (tertiary/aromatic N) is 1. The quantitative estimate of drug-likeness (QED) is 0.911. The Hall–Kier alpha value is -1.76. The molecule has 3 rings (SSSR count). The molecular formula is C14H15F3N2O2. The van der Waals surface area contributed by atoms with Gasteiger partial charge in [-0.15, -0.1) is 0 Å². The smallest absolute Gasteiger partial charge is 0.391 e. The van der Waals surface area contributed by atoms with E-state index >= 15 is 0 Å². The molecule has 0 spiro atoms. The van der Waals surface area contributed by atoms with Crippen LogP contribution in [0, 0.1) is 5.92 Å². The van der Waals surface area contributed by atoms with Gasteiger partial charge in [0.2, 0.25) is 0 Å². The Bertz CT molecular complexity index is 525. The van der Waals surface area contributed by atoms with Crippen molar-refractivity contribution >= 4 is 0 Å². The van der Waals surface area contributed by atoms with E-state index in [0.29, 0.717) is 17.7 Å². The van der Waals surface area contributed by atoms with Crippen LogP contribution in [0.5, 0.6) is 0 Å². The van der Waals surface area contributed by atoms with Gasteiger partial charge in [0.05, 0.1) is 5.92 Å². The normalized spacial score (nSPS) is 26.4. The van der Waals surface area contributed by atoms with Gasteiger partial charge in [0.25, 0.3) is 6.29 Å². The maximum absolute atomic E-state index is 12.9. The lowest BCUT2D eigenvalue weighted by atomic mass is 9.87. The molecule has 1 aromatic rings. The van der Waals surface area contributed by atoms with E-state index in [-0.39, 0.29) is 12.8 Å². The van der Waals surface area contributed by atoms with Crippen LogP contribution in [0.25, 0.3) is 0 Å². The number of pyridine rings is 1. The summed E-state index contributed by atoms with van der Waals surface area (Å²) in [7, 11) is 0. The summed E-state index contributed by atoms with van der Waals surface area (Å²) in [6.07, 6.45) is 1.32. The number of nitrogens with one attached hydrogen (secondary N) is 1. The molecule has 1 aromatic heterocycles. The van der Waals surface area contributed by atoms with Crippen LogP contribution in [0.3, 0.4) is 0 Å². The molecule has 2 atom stereocenters. The molecule has 4 nitrogen and oxygen atoms in total. The van der Waals surface area contributed by atoms with Crippen molar-refractivity contribution in [3.05, 3.63) is 42.1 Å². The van der Waals surface area contributed by atoms with E-state index in [9.17, 15) is 13.2 Å². The highest BCUT2D eigenvalue weighted by atomic mass is 19.4. The fraction of sp³-hybridized carbons (Fsp3) is 0.500. The summed E-state index contributed by atoms with van der Waals surface area (Å²) in [6, 6.07) is 1.31. The number of rotatable bonds is 2. The highest BCUT2D eigenvalue weighted by Gasteiger charge is 2.43. The predicted molar refractivity (Wildman–Crippen MR) is 67.8 cm³/mol. The first-order chi connectivity index (χ1) is 10.1. The van der Waals surface area contributed by atoms with Gasteiger partial charge in [-0.25, -0.2) is 0 Å². The fourth-order valence-corrected chi connectivity index (χ4v) is 2.76. The third-order valence-corrected chi connectivity index (χ3v) is 3.84. The average molecular weight is 300 g/mol. The van der Waals surface area contributed by atoms with Crippen molar-refractivity contribution in [1.29, 1.82) is 0 Å². The molecule has 1 saturated heterocycles. The molecule has 0 radical (unpaired) electrons. The SMILES string of the molecule is FC(F)(F)C1CCNC(c2cnccc2C2OC=CO2)C1. The zero-order valence-corrected chi connectivity index (χ0v) is 11.1. The molecule has 0 bridgehead atoms. The van der Waals surface area contributed by atoms with Gasteiger partial charge in [0.15, 0.2) is 0 Å². The molecule has 1 N–H and O–H groups in total. The lowest BCUT2D eigenvalue weighted by Gasteiger charge is -2.33. The third kappa shape index (κ3) is 2.97. The lowest BCUT2D eigenvalue weighted by Crippen LogP contribution is -2.38. The third-order valence-electron chi connectivity index (χ3n) is 3.84. The van der Waals surface area contributed by atoms with Crippen molar-refractivity contribution in [3.8, 4) is 0 Å². The summed E-state index contributed by atoms with van der Waals surface area (Å²) < 4.78 is 49.4. The van der Waals surface area contributed by atoms with E-state index in [1.54, 1.807) is 18.5 Å². The number of halogens is 3. The maximum atomic E-state index is 12.9. The van der Waals surface area contributed by atoms with E-state index in [1.807, 2.05) is 0 Å². The Labute approximate surface area is 120 Å². The summed E-state index contributed by atoms with van der Waals surface area (Å²) in [5.74, 6) is -1.29. The van der Waals surface area contributed by atoms with Gasteiger partial charge < -0.3 is 14.8 Å². The minimum absolute atomic E-state index is 0.00232. The van der Waals surface area contributed by atoms with E-state index in [0.717, 1.165) is 0 Å². The first-order valence-corrected chi connectivity index (χ1v) is 6.75. The van der Waals surface area contributed by atoms with Crippen LogP contribution in [-0.2, 0) is 9.47 Å². The number of ether oxygens (including phenoxy) is 2. The molecule has 2 aliphatic heterocycles. The van der Waals surface area contributed by atoms with Crippen LogP contribution in [0.15, 0.2) is 31.0 Å². The molecule has 2 aliphatic rings. The fourth-order valence-electron chi connectivity index (χ4n) is 2.76. The lowest BCUT2D eigenvalue weighted by molar-refractivity contribution is -0.183. The molecule has 0 saturated carbocycles. The van der Waals surface area contributed by atoms with Gasteiger partial charge in [-0.1, -0.05) is 0 Å². The van der Waals surface area contributed by atoms with Crippen molar-refractivity contribution in [3.63, 3.8) is 0 Å². The number of piperidine rings is 1. The highest BCUT2D eigenvalue weighted by molar-refractivity contribution is 5.29. The van der Waals surface area contributed by atoms with Crippen molar-refractivity contribution in [2.75, 3.05) is 6.54 Å². The summed E-state index contributed by atoms with van der Waals surface area (Å²) in [4.78, 5) is 4.03. The first-order valence-electron chi connectivity index (χ1n) is 6.75. The van der Waals surface area contributed by atoms with E-state index in [1.165, 1.54) is 12.5 Å². The Morgan fingerprint density at radius 1 is 1.19 bits per heavy atom. The second-order valence-electron chi connectivity index (χ2n) is 5.15. The molecule has 0 amide bonds. The number of hydrogen-bond donors (Lipinski definition) is 1. The monoisotopic (exact) mass is 300 g/mol. The highest BCUT2D eigenvalue weighted by Crippen LogP contribution is 2.40. The molecule has 7 heteroatoms. The van der Waals surface area contributed by atoms with Gasteiger partial charge >= 0.3 is 6.18 Å². The van der Waals surface area contributed by atoms with Crippen LogP contribution >= 0.6 is 0 Å². The standard InChI is InChI=1S/C14H15F3N2O2/c15-14(16,17)9-1-4-19-12(7-9)11-8-18-3-2-10(11)13-20-5-6-21-13/h2-3,5-6,8-9,12-13,19H,1,4,7H2. The largest absolute Gasteiger partial charge is 0.455 e. The summed E-state index contributed by atoms with van der Waals surface area (Å²) in [6.45, 7) is 0.327. The van der Waals surface area contributed by atoms with Crippen molar-refractivity contribution in [2.45, 2.75) is 31.3 Å². The minimum atomic E-state index is -4.16. The summed E-state index contributed by atoms with van der Waals surface area (Å²) in [5, 5.41) is 3.13. The predicted octanol–water partition coefficient (Wildman–Crippen LogP) is 3.20. The van der Waals surface area contributed by atoms with Crippen LogP contribution in [0.2, 0.25) is 0 Å². The number of hydrogen-bond acceptors (Lipinski definition) is 4. The Balaban J connectivity index is 1.83. The maximum Gasteiger partial charge on any atom is 0.391 e.